The summed E-state index contributed by atoms with van der Waals surface area (Å²) in [6, 6.07) is 8.55. The molecule has 0 saturated heterocycles. The van der Waals surface area contributed by atoms with Crippen molar-refractivity contribution in [3.8, 4) is 0 Å². The second-order valence-electron chi connectivity index (χ2n) is 12.5. The molecule has 0 aliphatic heterocycles. The highest BCUT2D eigenvalue weighted by Gasteiger charge is 2.24. The highest BCUT2D eigenvalue weighted by Crippen LogP contribution is 2.33. The molecule has 12 nitrogen and oxygen atoms in total. The monoisotopic (exact) mass is 718 g/mol. The van der Waals surface area contributed by atoms with Crippen LogP contribution in [0.25, 0.3) is 11.2 Å². The van der Waals surface area contributed by atoms with Gasteiger partial charge in [0.2, 0.25) is 16.0 Å². The average Bonchev–Trinajstić information content (AvgIpc) is 3.68. The summed E-state index contributed by atoms with van der Waals surface area (Å²) in [6.45, 7) is 0.547. The SMILES string of the molecule is Cl.Cl.Cl.NC1CCC(Nc2ccc(S(=O)(=O)NCCNc3nc(N[C@H]4CC[C@H](N)CC4)nc4c3ncn4C3CCCC3)cc2)CC1. The highest BCUT2D eigenvalue weighted by atomic mass is 35.5. The van der Waals surface area contributed by atoms with Gasteiger partial charge in [0.25, 0.3) is 0 Å². The highest BCUT2D eigenvalue weighted by molar-refractivity contribution is 7.89. The third-order valence-electron chi connectivity index (χ3n) is 9.26. The van der Waals surface area contributed by atoms with Crippen LogP contribution in [0.15, 0.2) is 35.5 Å². The van der Waals surface area contributed by atoms with E-state index in [1.165, 1.54) is 12.8 Å². The summed E-state index contributed by atoms with van der Waals surface area (Å²) >= 11 is 0. The molecule has 1 aromatic carbocycles. The molecule has 3 aliphatic rings. The zero-order valence-electron chi connectivity index (χ0n) is 26.1. The van der Waals surface area contributed by atoms with E-state index in [9.17, 15) is 8.42 Å². The van der Waals surface area contributed by atoms with Crippen LogP contribution in [-0.2, 0) is 10.0 Å². The molecule has 258 valence electrons. The largest absolute Gasteiger partial charge is 0.382 e. The first-order valence-electron chi connectivity index (χ1n) is 16.0. The maximum Gasteiger partial charge on any atom is 0.240 e. The Morgan fingerprint density at radius 3 is 1.96 bits per heavy atom. The third-order valence-corrected chi connectivity index (χ3v) is 10.7. The minimum atomic E-state index is -3.66. The fourth-order valence-electron chi connectivity index (χ4n) is 6.68. The molecule has 3 aromatic rings. The van der Waals surface area contributed by atoms with Gasteiger partial charge in [-0.1, -0.05) is 12.8 Å². The third kappa shape index (κ3) is 9.48. The molecule has 46 heavy (non-hydrogen) atoms. The number of hydrogen-bond donors (Lipinski definition) is 6. The van der Waals surface area contributed by atoms with Crippen LogP contribution in [0, 0.1) is 0 Å². The van der Waals surface area contributed by atoms with Crippen LogP contribution >= 0.6 is 37.2 Å². The Labute approximate surface area is 290 Å². The molecule has 6 rings (SSSR count). The molecule has 16 heteroatoms. The van der Waals surface area contributed by atoms with Crippen molar-refractivity contribution in [3.63, 3.8) is 0 Å². The van der Waals surface area contributed by atoms with Crippen molar-refractivity contribution >= 4 is 75.9 Å². The van der Waals surface area contributed by atoms with Crippen molar-refractivity contribution < 1.29 is 8.42 Å². The lowest BCUT2D eigenvalue weighted by Gasteiger charge is -2.27. The molecule has 0 radical (unpaired) electrons. The summed E-state index contributed by atoms with van der Waals surface area (Å²) in [5.41, 5.74) is 14.6. The van der Waals surface area contributed by atoms with E-state index >= 15 is 0 Å². The quantitative estimate of drug-likeness (QED) is 0.149. The van der Waals surface area contributed by atoms with Crippen LogP contribution in [0.4, 0.5) is 17.5 Å². The summed E-state index contributed by atoms with van der Waals surface area (Å²) in [7, 11) is -3.66. The molecule has 2 aromatic heterocycles. The van der Waals surface area contributed by atoms with E-state index in [2.05, 4.69) is 30.2 Å². The number of aromatic nitrogens is 4. The number of halogens is 3. The second kappa shape index (κ2) is 17.3. The fraction of sp³-hybridized carbons (Fsp3) is 0.633. The number of fused-ring (bicyclic) bond motifs is 1. The van der Waals surface area contributed by atoms with Gasteiger partial charge >= 0.3 is 0 Å². The average molecular weight is 720 g/mol. The van der Waals surface area contributed by atoms with Crippen molar-refractivity contribution in [3.05, 3.63) is 30.6 Å². The van der Waals surface area contributed by atoms with Crippen LogP contribution in [0.1, 0.15) is 83.1 Å². The number of benzene rings is 1. The van der Waals surface area contributed by atoms with Gasteiger partial charge in [0.1, 0.15) is 0 Å². The molecule has 3 saturated carbocycles. The molecule has 0 amide bonds. The van der Waals surface area contributed by atoms with Gasteiger partial charge in [-0.05, 0) is 88.5 Å². The van der Waals surface area contributed by atoms with E-state index in [1.54, 1.807) is 12.1 Å². The van der Waals surface area contributed by atoms with Crippen LogP contribution in [0.2, 0.25) is 0 Å². The van der Waals surface area contributed by atoms with Gasteiger partial charge < -0.3 is 32.0 Å². The minimum absolute atomic E-state index is 0. The normalized spacial score (nSPS) is 23.5. The Morgan fingerprint density at radius 1 is 0.761 bits per heavy atom. The first-order valence-corrected chi connectivity index (χ1v) is 17.4. The van der Waals surface area contributed by atoms with Gasteiger partial charge in [0.05, 0.1) is 11.2 Å². The van der Waals surface area contributed by atoms with Gasteiger partial charge in [-0.2, -0.15) is 9.97 Å². The van der Waals surface area contributed by atoms with E-state index in [1.807, 2.05) is 18.5 Å². The lowest BCUT2D eigenvalue weighted by Crippen LogP contribution is -2.33. The zero-order chi connectivity index (χ0) is 29.8. The van der Waals surface area contributed by atoms with Gasteiger partial charge in [-0.15, -0.1) is 37.2 Å². The van der Waals surface area contributed by atoms with E-state index in [-0.39, 0.29) is 60.7 Å². The number of nitrogens with two attached hydrogens (primary N) is 2. The van der Waals surface area contributed by atoms with Crippen LogP contribution in [0.5, 0.6) is 0 Å². The zero-order valence-corrected chi connectivity index (χ0v) is 29.3. The summed E-state index contributed by atoms with van der Waals surface area (Å²) in [6.07, 6.45) is 14.6. The number of anilines is 3. The molecule has 3 fully saturated rings. The van der Waals surface area contributed by atoms with E-state index in [4.69, 9.17) is 21.4 Å². The molecule has 0 unspecified atom stereocenters. The summed E-state index contributed by atoms with van der Waals surface area (Å²) < 4.78 is 30.9. The van der Waals surface area contributed by atoms with Crippen molar-refractivity contribution in [2.45, 2.75) is 112 Å². The van der Waals surface area contributed by atoms with Crippen LogP contribution in [-0.4, -0.2) is 65.2 Å². The molecule has 0 bridgehead atoms. The molecular formula is C30H49Cl3N10O2S. The van der Waals surface area contributed by atoms with Gasteiger partial charge in [-0.25, -0.2) is 18.1 Å². The number of hydrogen-bond acceptors (Lipinski definition) is 10. The number of nitrogens with zero attached hydrogens (tertiary/aromatic N) is 4. The molecule has 3 aliphatic carbocycles. The Kier molecular flexibility index (Phi) is 14.4. The minimum Gasteiger partial charge on any atom is -0.382 e. The second-order valence-corrected chi connectivity index (χ2v) is 14.3. The predicted molar refractivity (Wildman–Crippen MR) is 192 cm³/mol. The van der Waals surface area contributed by atoms with Crippen LogP contribution in [0.3, 0.4) is 0 Å². The molecule has 0 atom stereocenters. The smallest absolute Gasteiger partial charge is 0.240 e. The standard InChI is InChI=1S/C30H46N10O2S.3ClH/c31-20-5-9-22(10-6-20)36-23-13-15-26(16-14-23)43(41,42)35-18-17-33-28-27-29(40(19-34-27)25-3-1-2-4-25)39-30(38-28)37-24-11-7-21(32)8-12-24;;;/h13-16,19-22,24-25,35-36H,1-12,17-18,31-32H2,(H2,33,37,38,39);3*1H/t20?,21-,22?,24-;;;. The Bertz CT molecular complexity index is 1470. The van der Waals surface area contributed by atoms with Crippen molar-refractivity contribution in [2.75, 3.05) is 29.0 Å². The molecule has 0 spiro atoms. The van der Waals surface area contributed by atoms with Crippen molar-refractivity contribution in [2.24, 2.45) is 11.5 Å². The van der Waals surface area contributed by atoms with Crippen LogP contribution < -0.4 is 32.1 Å². The summed E-state index contributed by atoms with van der Waals surface area (Å²) in [4.78, 5) is 14.6. The molecule has 8 N–H and O–H groups in total. The Morgan fingerprint density at radius 2 is 1.35 bits per heavy atom. The predicted octanol–water partition coefficient (Wildman–Crippen LogP) is 4.96. The van der Waals surface area contributed by atoms with E-state index in [0.29, 0.717) is 42.0 Å². The van der Waals surface area contributed by atoms with E-state index < -0.39 is 10.0 Å². The van der Waals surface area contributed by atoms with Gasteiger partial charge in [-0.3, -0.25) is 0 Å². The maximum atomic E-state index is 13.0. The molecular weight excluding hydrogens is 671 g/mol. The summed E-state index contributed by atoms with van der Waals surface area (Å²) in [5.74, 6) is 1.18. The first kappa shape index (κ1) is 38.3. The van der Waals surface area contributed by atoms with E-state index in [0.717, 1.165) is 75.5 Å². The van der Waals surface area contributed by atoms with Gasteiger partial charge in [0, 0.05) is 49.0 Å². The Hall–Kier alpha value is -2.13. The topological polar surface area (TPSA) is 178 Å². The lowest BCUT2D eigenvalue weighted by molar-refractivity contribution is 0.410. The Balaban J connectivity index is 0.00000192. The first-order chi connectivity index (χ1) is 20.8. The van der Waals surface area contributed by atoms with Crippen molar-refractivity contribution in [1.29, 1.82) is 0 Å². The number of imidazole rings is 1. The van der Waals surface area contributed by atoms with Gasteiger partial charge in [0.15, 0.2) is 17.0 Å². The maximum absolute atomic E-state index is 13.0. The number of rotatable bonds is 11. The van der Waals surface area contributed by atoms with Crippen molar-refractivity contribution in [1.82, 2.24) is 24.2 Å². The fourth-order valence-corrected chi connectivity index (χ4v) is 7.71. The lowest BCUT2D eigenvalue weighted by atomic mass is 9.92. The molecule has 2 heterocycles. The summed E-state index contributed by atoms with van der Waals surface area (Å²) in [5, 5.41) is 10.4. The number of nitrogens with one attached hydrogen (secondary N) is 4. The number of sulfonamides is 1.